The molecule has 1 unspecified atom stereocenters. The van der Waals surface area contributed by atoms with Crippen LogP contribution in [0.5, 0.6) is 0 Å². The smallest absolute Gasteiger partial charge is 0.104 e. The Morgan fingerprint density at radius 2 is 1.81 bits per heavy atom. The molecule has 96 valence electrons. The van der Waals surface area contributed by atoms with E-state index in [1.807, 2.05) is 0 Å². The number of ether oxygens (including phenoxy) is 3. The minimum atomic E-state index is 0.0618. The Labute approximate surface area is 112 Å². The molecule has 1 aliphatic carbocycles. The molecule has 0 amide bonds. The van der Waals surface area contributed by atoms with Crippen LogP contribution >= 0.6 is 22.6 Å². The quantitative estimate of drug-likeness (QED) is 0.526. The third-order valence-electron chi connectivity index (χ3n) is 3.27. The second kappa shape index (κ2) is 7.84. The van der Waals surface area contributed by atoms with Gasteiger partial charge in [0.1, 0.15) is 6.10 Å². The van der Waals surface area contributed by atoms with Gasteiger partial charge in [0.05, 0.1) is 18.8 Å². The summed E-state index contributed by atoms with van der Waals surface area (Å²) in [6.45, 7) is 1.25. The Balaban J connectivity index is 2.36. The van der Waals surface area contributed by atoms with Crippen molar-refractivity contribution in [3.05, 3.63) is 0 Å². The Morgan fingerprint density at radius 3 is 2.31 bits per heavy atom. The lowest BCUT2D eigenvalue weighted by molar-refractivity contribution is -0.103. The zero-order chi connectivity index (χ0) is 11.9. The average molecular weight is 342 g/mol. The van der Waals surface area contributed by atoms with Crippen LogP contribution < -0.4 is 0 Å². The van der Waals surface area contributed by atoms with Crippen LogP contribution in [0, 0.1) is 0 Å². The maximum absolute atomic E-state index is 6.11. The summed E-state index contributed by atoms with van der Waals surface area (Å²) in [5.41, 5.74) is 0.101. The molecule has 0 heterocycles. The Morgan fingerprint density at radius 1 is 1.12 bits per heavy atom. The molecule has 1 saturated carbocycles. The molecule has 1 atom stereocenters. The summed E-state index contributed by atoms with van der Waals surface area (Å²) >= 11 is 2.44. The van der Waals surface area contributed by atoms with Crippen LogP contribution in [-0.4, -0.2) is 43.6 Å². The highest BCUT2D eigenvalue weighted by molar-refractivity contribution is 14.1. The summed E-state index contributed by atoms with van der Waals surface area (Å²) < 4.78 is 17.6. The molecular weight excluding hydrogens is 319 g/mol. The van der Waals surface area contributed by atoms with E-state index in [4.69, 9.17) is 14.2 Å². The van der Waals surface area contributed by atoms with Crippen molar-refractivity contribution >= 4 is 22.6 Å². The van der Waals surface area contributed by atoms with Gasteiger partial charge in [0.25, 0.3) is 0 Å². The third-order valence-corrected chi connectivity index (χ3v) is 4.66. The lowest BCUT2D eigenvalue weighted by Gasteiger charge is -2.36. The first-order valence-electron chi connectivity index (χ1n) is 5.98. The van der Waals surface area contributed by atoms with Crippen molar-refractivity contribution in [2.75, 3.05) is 31.9 Å². The molecule has 1 rings (SSSR count). The maximum Gasteiger partial charge on any atom is 0.104 e. The molecule has 3 nitrogen and oxygen atoms in total. The van der Waals surface area contributed by atoms with Gasteiger partial charge in [-0.05, 0) is 12.8 Å². The van der Waals surface area contributed by atoms with Crippen LogP contribution in [0.1, 0.15) is 32.1 Å². The first kappa shape index (κ1) is 14.7. The Hall–Kier alpha value is 0.610. The van der Waals surface area contributed by atoms with E-state index >= 15 is 0 Å². The fourth-order valence-electron chi connectivity index (χ4n) is 2.15. The van der Waals surface area contributed by atoms with Crippen molar-refractivity contribution in [1.29, 1.82) is 0 Å². The highest BCUT2D eigenvalue weighted by Gasteiger charge is 2.32. The minimum absolute atomic E-state index is 0.0618. The summed E-state index contributed by atoms with van der Waals surface area (Å²) in [5.74, 6) is 0. The van der Waals surface area contributed by atoms with Gasteiger partial charge in [-0.3, -0.25) is 0 Å². The molecule has 0 aromatic rings. The van der Waals surface area contributed by atoms with Crippen molar-refractivity contribution in [3.8, 4) is 0 Å². The standard InChI is InChI=1S/C12H23IO3/c1-14-8-11(15-2)9-16-12(10-13)6-4-3-5-7-12/h11H,3-10H2,1-2H3. The minimum Gasteiger partial charge on any atom is -0.382 e. The second-order valence-electron chi connectivity index (χ2n) is 4.50. The zero-order valence-electron chi connectivity index (χ0n) is 10.3. The van der Waals surface area contributed by atoms with Gasteiger partial charge < -0.3 is 14.2 Å². The van der Waals surface area contributed by atoms with Crippen molar-refractivity contribution in [1.82, 2.24) is 0 Å². The van der Waals surface area contributed by atoms with E-state index in [0.29, 0.717) is 13.2 Å². The highest BCUT2D eigenvalue weighted by Crippen LogP contribution is 2.33. The summed E-state index contributed by atoms with van der Waals surface area (Å²) in [7, 11) is 3.41. The summed E-state index contributed by atoms with van der Waals surface area (Å²) in [4.78, 5) is 0. The van der Waals surface area contributed by atoms with Gasteiger partial charge in [-0.15, -0.1) is 0 Å². The molecule has 1 aliphatic rings. The van der Waals surface area contributed by atoms with E-state index in [1.54, 1.807) is 14.2 Å². The molecular formula is C12H23IO3. The van der Waals surface area contributed by atoms with Crippen LogP contribution in [0.15, 0.2) is 0 Å². The largest absolute Gasteiger partial charge is 0.382 e. The number of halogens is 1. The lowest BCUT2D eigenvalue weighted by atomic mass is 9.86. The van der Waals surface area contributed by atoms with Gasteiger partial charge in [0.15, 0.2) is 0 Å². The first-order chi connectivity index (χ1) is 7.76. The third kappa shape index (κ3) is 4.47. The number of hydrogen-bond donors (Lipinski definition) is 0. The Bertz CT molecular complexity index is 181. The highest BCUT2D eigenvalue weighted by atomic mass is 127. The molecule has 0 saturated heterocycles. The number of rotatable bonds is 7. The lowest BCUT2D eigenvalue weighted by Crippen LogP contribution is -2.40. The number of methoxy groups -OCH3 is 2. The average Bonchev–Trinajstić information content (AvgIpc) is 2.35. The molecule has 0 aromatic carbocycles. The van der Waals surface area contributed by atoms with Crippen molar-refractivity contribution < 1.29 is 14.2 Å². The van der Waals surface area contributed by atoms with E-state index in [-0.39, 0.29) is 11.7 Å². The topological polar surface area (TPSA) is 27.7 Å². The van der Waals surface area contributed by atoms with E-state index in [2.05, 4.69) is 22.6 Å². The molecule has 0 radical (unpaired) electrons. The van der Waals surface area contributed by atoms with Crippen LogP contribution in [0.4, 0.5) is 0 Å². The molecule has 4 heteroatoms. The van der Waals surface area contributed by atoms with E-state index in [0.717, 1.165) is 4.43 Å². The number of hydrogen-bond acceptors (Lipinski definition) is 3. The summed E-state index contributed by atoms with van der Waals surface area (Å²) in [6.07, 6.45) is 6.40. The Kier molecular flexibility index (Phi) is 7.19. The number of alkyl halides is 1. The van der Waals surface area contributed by atoms with Crippen LogP contribution in [-0.2, 0) is 14.2 Å². The van der Waals surface area contributed by atoms with E-state index < -0.39 is 0 Å². The van der Waals surface area contributed by atoms with E-state index in [9.17, 15) is 0 Å². The molecule has 1 fully saturated rings. The van der Waals surface area contributed by atoms with E-state index in [1.165, 1.54) is 32.1 Å². The zero-order valence-corrected chi connectivity index (χ0v) is 12.5. The monoisotopic (exact) mass is 342 g/mol. The maximum atomic E-state index is 6.11. The fraction of sp³-hybridized carbons (Fsp3) is 1.00. The normalized spacial score (nSPS) is 21.9. The SMILES string of the molecule is COCC(COC1(CI)CCCCC1)OC. The van der Waals surface area contributed by atoms with Crippen molar-refractivity contribution in [3.63, 3.8) is 0 Å². The van der Waals surface area contributed by atoms with Gasteiger partial charge >= 0.3 is 0 Å². The van der Waals surface area contributed by atoms with Gasteiger partial charge in [-0.25, -0.2) is 0 Å². The second-order valence-corrected chi connectivity index (χ2v) is 5.26. The molecule has 0 aliphatic heterocycles. The van der Waals surface area contributed by atoms with Crippen LogP contribution in [0.2, 0.25) is 0 Å². The predicted molar refractivity (Wildman–Crippen MR) is 73.3 cm³/mol. The molecule has 0 aromatic heterocycles. The van der Waals surface area contributed by atoms with Crippen LogP contribution in [0.3, 0.4) is 0 Å². The van der Waals surface area contributed by atoms with Gasteiger partial charge in [0, 0.05) is 18.6 Å². The first-order valence-corrected chi connectivity index (χ1v) is 7.50. The van der Waals surface area contributed by atoms with Gasteiger partial charge in [-0.1, -0.05) is 41.9 Å². The van der Waals surface area contributed by atoms with Gasteiger partial charge in [-0.2, -0.15) is 0 Å². The van der Waals surface area contributed by atoms with Crippen LogP contribution in [0.25, 0.3) is 0 Å². The molecule has 0 N–H and O–H groups in total. The van der Waals surface area contributed by atoms with Crippen molar-refractivity contribution in [2.24, 2.45) is 0 Å². The predicted octanol–water partition coefficient (Wildman–Crippen LogP) is 2.80. The van der Waals surface area contributed by atoms with Crippen molar-refractivity contribution in [2.45, 2.75) is 43.8 Å². The summed E-state index contributed by atoms with van der Waals surface area (Å²) in [5, 5.41) is 0. The molecule has 0 bridgehead atoms. The fourth-order valence-corrected chi connectivity index (χ4v) is 3.14. The molecule has 16 heavy (non-hydrogen) atoms. The summed E-state index contributed by atoms with van der Waals surface area (Å²) in [6, 6.07) is 0. The molecule has 0 spiro atoms. The van der Waals surface area contributed by atoms with Gasteiger partial charge in [0.2, 0.25) is 0 Å².